The molecule has 1 heterocycles. The first-order chi connectivity index (χ1) is 9.60. The molecule has 0 saturated carbocycles. The predicted molar refractivity (Wildman–Crippen MR) is 77.4 cm³/mol. The number of H-pyrrole nitrogens is 1. The summed E-state index contributed by atoms with van der Waals surface area (Å²) in [4.78, 5) is 18.1. The van der Waals surface area contributed by atoms with Gasteiger partial charge in [-0.05, 0) is 18.9 Å². The number of carbonyl (C=O) groups excluding carboxylic acids is 1. The minimum atomic E-state index is -0.162. The van der Waals surface area contributed by atoms with E-state index < -0.39 is 0 Å². The zero-order valence-electron chi connectivity index (χ0n) is 12.2. The monoisotopic (exact) mass is 272 g/mol. The third kappa shape index (κ3) is 3.44. The molecule has 0 bridgehead atoms. The van der Waals surface area contributed by atoms with Crippen molar-refractivity contribution in [1.29, 1.82) is 0 Å². The van der Waals surface area contributed by atoms with E-state index >= 15 is 0 Å². The Morgan fingerprint density at radius 2 is 2.20 bits per heavy atom. The van der Waals surface area contributed by atoms with Gasteiger partial charge in [0.25, 0.3) is 5.91 Å². The molecule has 0 radical (unpaired) electrons. The summed E-state index contributed by atoms with van der Waals surface area (Å²) in [5.41, 5.74) is 2.29. The quantitative estimate of drug-likeness (QED) is 0.908. The maximum absolute atomic E-state index is 12.2. The Kier molecular flexibility index (Phi) is 4.50. The van der Waals surface area contributed by atoms with E-state index in [0.29, 0.717) is 6.54 Å². The van der Waals surface area contributed by atoms with Gasteiger partial charge in [0.05, 0.1) is 0 Å². The zero-order valence-corrected chi connectivity index (χ0v) is 12.2. The highest BCUT2D eigenvalue weighted by Crippen LogP contribution is 2.08. The van der Waals surface area contributed by atoms with Crippen molar-refractivity contribution in [3.8, 4) is 0 Å². The number of benzene rings is 1. The number of aryl methyl sites for hydroxylation is 2. The van der Waals surface area contributed by atoms with Crippen LogP contribution in [0.2, 0.25) is 0 Å². The lowest BCUT2D eigenvalue weighted by Gasteiger charge is -2.15. The molecule has 0 fully saturated rings. The average Bonchev–Trinajstić information content (AvgIpc) is 2.87. The fourth-order valence-corrected chi connectivity index (χ4v) is 2.07. The van der Waals surface area contributed by atoms with Crippen molar-refractivity contribution in [2.24, 2.45) is 0 Å². The largest absolute Gasteiger partial charge is 0.335 e. The van der Waals surface area contributed by atoms with Crippen molar-refractivity contribution in [2.75, 3.05) is 7.05 Å². The molecular formula is C15H20N4O. The van der Waals surface area contributed by atoms with Gasteiger partial charge in [0.2, 0.25) is 5.82 Å². The van der Waals surface area contributed by atoms with Gasteiger partial charge in [0.15, 0.2) is 0 Å². The highest BCUT2D eigenvalue weighted by Gasteiger charge is 2.17. The highest BCUT2D eigenvalue weighted by atomic mass is 16.2. The number of amides is 1. The van der Waals surface area contributed by atoms with Gasteiger partial charge in [0, 0.05) is 20.0 Å². The van der Waals surface area contributed by atoms with Crippen molar-refractivity contribution < 1.29 is 4.79 Å². The van der Waals surface area contributed by atoms with E-state index in [1.165, 1.54) is 5.56 Å². The molecular weight excluding hydrogens is 252 g/mol. The molecule has 0 spiro atoms. The topological polar surface area (TPSA) is 61.9 Å². The number of hydrogen-bond acceptors (Lipinski definition) is 3. The van der Waals surface area contributed by atoms with Crippen molar-refractivity contribution in [3.63, 3.8) is 0 Å². The SMILES string of the molecule is CCCc1nc(C(=O)N(C)Cc2cccc(C)c2)n[nH]1. The summed E-state index contributed by atoms with van der Waals surface area (Å²) in [5, 5.41) is 6.79. The van der Waals surface area contributed by atoms with Crippen LogP contribution in [0.1, 0.15) is 40.9 Å². The molecule has 0 aliphatic heterocycles. The van der Waals surface area contributed by atoms with Gasteiger partial charge in [-0.25, -0.2) is 4.98 Å². The van der Waals surface area contributed by atoms with Crippen LogP contribution in [0.5, 0.6) is 0 Å². The molecule has 2 rings (SSSR count). The Balaban J connectivity index is 2.04. The summed E-state index contributed by atoms with van der Waals surface area (Å²) in [7, 11) is 1.76. The standard InChI is InChI=1S/C15H20N4O/c1-4-6-13-16-14(18-17-13)15(20)19(3)10-12-8-5-7-11(2)9-12/h5,7-9H,4,6,10H2,1-3H3,(H,16,17,18). The number of carbonyl (C=O) groups is 1. The van der Waals surface area contributed by atoms with Crippen LogP contribution < -0.4 is 0 Å². The van der Waals surface area contributed by atoms with Gasteiger partial charge < -0.3 is 4.90 Å². The third-order valence-corrected chi connectivity index (χ3v) is 3.06. The van der Waals surface area contributed by atoms with Crippen LogP contribution in [0.3, 0.4) is 0 Å². The second-order valence-corrected chi connectivity index (χ2v) is 5.01. The molecule has 20 heavy (non-hydrogen) atoms. The van der Waals surface area contributed by atoms with Crippen molar-refractivity contribution in [2.45, 2.75) is 33.2 Å². The first-order valence-electron chi connectivity index (χ1n) is 6.82. The summed E-state index contributed by atoms with van der Waals surface area (Å²) in [6.45, 7) is 4.66. The minimum absolute atomic E-state index is 0.162. The molecule has 106 valence electrons. The fraction of sp³-hybridized carbons (Fsp3) is 0.400. The number of nitrogens with zero attached hydrogens (tertiary/aromatic N) is 3. The van der Waals surface area contributed by atoms with E-state index in [-0.39, 0.29) is 11.7 Å². The first kappa shape index (κ1) is 14.2. The van der Waals surface area contributed by atoms with E-state index in [0.717, 1.165) is 24.2 Å². The summed E-state index contributed by atoms with van der Waals surface area (Å²) in [6.07, 6.45) is 1.78. The number of hydrogen-bond donors (Lipinski definition) is 1. The van der Waals surface area contributed by atoms with Crippen LogP contribution in [0.25, 0.3) is 0 Å². The van der Waals surface area contributed by atoms with E-state index in [2.05, 4.69) is 28.2 Å². The van der Waals surface area contributed by atoms with Gasteiger partial charge >= 0.3 is 0 Å². The second kappa shape index (κ2) is 6.32. The molecule has 1 N–H and O–H groups in total. The number of aromatic amines is 1. The maximum Gasteiger partial charge on any atom is 0.293 e. The predicted octanol–water partition coefficient (Wildman–Crippen LogP) is 2.34. The third-order valence-electron chi connectivity index (χ3n) is 3.06. The Bertz CT molecular complexity index is 591. The molecule has 0 aliphatic carbocycles. The number of rotatable bonds is 5. The van der Waals surface area contributed by atoms with Crippen molar-refractivity contribution >= 4 is 5.91 Å². The van der Waals surface area contributed by atoms with Crippen molar-refractivity contribution in [3.05, 3.63) is 47.0 Å². The van der Waals surface area contributed by atoms with E-state index in [4.69, 9.17) is 0 Å². The van der Waals surface area contributed by atoms with E-state index in [9.17, 15) is 4.79 Å². The van der Waals surface area contributed by atoms with Gasteiger partial charge in [-0.3, -0.25) is 9.89 Å². The second-order valence-electron chi connectivity index (χ2n) is 5.01. The van der Waals surface area contributed by atoms with E-state index in [1.54, 1.807) is 11.9 Å². The van der Waals surface area contributed by atoms with Gasteiger partial charge in [-0.15, -0.1) is 5.10 Å². The zero-order chi connectivity index (χ0) is 14.5. The first-order valence-corrected chi connectivity index (χ1v) is 6.82. The average molecular weight is 272 g/mol. The van der Waals surface area contributed by atoms with Gasteiger partial charge in [-0.2, -0.15) is 0 Å². The Labute approximate surface area is 119 Å². The lowest BCUT2D eigenvalue weighted by molar-refractivity contribution is 0.0773. The molecule has 0 saturated heterocycles. The smallest absolute Gasteiger partial charge is 0.293 e. The molecule has 1 aromatic carbocycles. The lowest BCUT2D eigenvalue weighted by Crippen LogP contribution is -2.27. The van der Waals surface area contributed by atoms with Crippen molar-refractivity contribution in [1.82, 2.24) is 20.1 Å². The molecule has 5 heteroatoms. The van der Waals surface area contributed by atoms with Crippen LogP contribution in [0.15, 0.2) is 24.3 Å². The summed E-state index contributed by atoms with van der Waals surface area (Å²) < 4.78 is 0. The summed E-state index contributed by atoms with van der Waals surface area (Å²) in [6, 6.07) is 8.12. The number of aromatic nitrogens is 3. The molecule has 0 unspecified atom stereocenters. The van der Waals surface area contributed by atoms with E-state index in [1.807, 2.05) is 25.1 Å². The molecule has 0 aliphatic rings. The molecule has 1 aromatic heterocycles. The van der Waals surface area contributed by atoms with Crippen LogP contribution >= 0.6 is 0 Å². The Hall–Kier alpha value is -2.17. The molecule has 0 atom stereocenters. The summed E-state index contributed by atoms with van der Waals surface area (Å²) >= 11 is 0. The van der Waals surface area contributed by atoms with Crippen LogP contribution in [-0.2, 0) is 13.0 Å². The molecule has 2 aromatic rings. The maximum atomic E-state index is 12.2. The lowest BCUT2D eigenvalue weighted by atomic mass is 10.1. The van der Waals surface area contributed by atoms with Gasteiger partial charge in [-0.1, -0.05) is 36.8 Å². The van der Waals surface area contributed by atoms with Gasteiger partial charge in [0.1, 0.15) is 5.82 Å². The molecule has 1 amide bonds. The summed E-state index contributed by atoms with van der Waals surface area (Å²) in [5.74, 6) is 0.841. The Morgan fingerprint density at radius 3 is 2.90 bits per heavy atom. The minimum Gasteiger partial charge on any atom is -0.335 e. The normalized spacial score (nSPS) is 10.6. The molecule has 5 nitrogen and oxygen atoms in total. The highest BCUT2D eigenvalue weighted by molar-refractivity contribution is 5.90. The number of nitrogens with one attached hydrogen (secondary N) is 1. The van der Waals surface area contributed by atoms with Crippen LogP contribution in [0.4, 0.5) is 0 Å². The fourth-order valence-electron chi connectivity index (χ4n) is 2.07. The Morgan fingerprint density at radius 1 is 1.40 bits per heavy atom. The van der Waals surface area contributed by atoms with Crippen LogP contribution in [-0.4, -0.2) is 33.0 Å². The van der Waals surface area contributed by atoms with Crippen LogP contribution in [0, 0.1) is 6.92 Å².